The zero-order valence-corrected chi connectivity index (χ0v) is 14.8. The number of rotatable bonds is 0. The molecule has 18 valence electrons. The Hall–Kier alpha value is 2.69. The van der Waals surface area contributed by atoms with E-state index in [1.807, 2.05) is 0 Å². The molecule has 0 aliphatic carbocycles. The van der Waals surface area contributed by atoms with Gasteiger partial charge in [-0.2, -0.15) is 0 Å². The molecule has 0 aromatic carbocycles. The summed E-state index contributed by atoms with van der Waals surface area (Å²) in [7, 11) is 0. The van der Waals surface area contributed by atoms with Gasteiger partial charge in [0.1, 0.15) is 0 Å². The summed E-state index contributed by atoms with van der Waals surface area (Å²) in [6.45, 7) is 0. The van der Waals surface area contributed by atoms with Crippen molar-refractivity contribution in [3.8, 4) is 0 Å². The summed E-state index contributed by atoms with van der Waals surface area (Å²) in [6, 6.07) is 0. The van der Waals surface area contributed by atoms with Gasteiger partial charge in [0.2, 0.25) is 0 Å². The Morgan fingerprint density at radius 1 is 1.20 bits per heavy atom. The molecule has 5 heteroatoms. The van der Waals surface area contributed by atoms with E-state index >= 15 is 0 Å². The van der Waals surface area contributed by atoms with Crippen LogP contribution in [0.4, 0.5) is 0 Å². The third kappa shape index (κ3) is 20.3. The maximum Gasteiger partial charge on any atom is 0 e. The molecule has 0 fully saturated rings. The van der Waals surface area contributed by atoms with E-state index in [2.05, 4.69) is 0 Å². The first-order chi connectivity index (χ1) is 1.00. The van der Waals surface area contributed by atoms with Gasteiger partial charge in [-0.05, 0) is 0 Å². The van der Waals surface area contributed by atoms with Crippen LogP contribution >= 0.6 is 0 Å². The largest absolute Gasteiger partial charge is 0 e. The van der Waals surface area contributed by atoms with Crippen LogP contribution in [-0.4, -0.2) is 40.1 Å². The molecule has 0 aromatic rings. The minimum atomic E-state index is 0. The Balaban J connectivity index is -0.00000000167. The van der Waals surface area contributed by atoms with Crippen LogP contribution in [0.3, 0.4) is 0 Å². The molecule has 0 aliphatic heterocycles. The molecule has 0 unspecified atom stereocenters. The molecule has 0 amide bonds. The first kappa shape index (κ1) is 25.3. The van der Waals surface area contributed by atoms with Crippen molar-refractivity contribution in [1.29, 1.82) is 0 Å². The average Bonchev–Trinajstić information content (AvgIpc) is 1.00. The zero-order valence-electron chi connectivity index (χ0n) is 2.82. The maximum absolute atomic E-state index is 8.34. The van der Waals surface area contributed by atoms with Gasteiger partial charge in [-0.1, -0.05) is 0 Å². The van der Waals surface area contributed by atoms with E-state index in [9.17, 15) is 0 Å². The van der Waals surface area contributed by atoms with Crippen molar-refractivity contribution in [3.63, 3.8) is 0 Å². The third-order valence-electron chi connectivity index (χ3n) is 0. The summed E-state index contributed by atoms with van der Waals surface area (Å²) in [5, 5.41) is 0. The minimum Gasteiger partial charge on any atom is 0 e. The van der Waals surface area contributed by atoms with Crippen molar-refractivity contribution in [2.75, 3.05) is 0 Å². The second-order valence-electron chi connectivity index (χ2n) is 0. The molecule has 0 aliphatic rings. The van der Waals surface area contributed by atoms with Crippen molar-refractivity contribution in [1.82, 2.24) is 0 Å². The van der Waals surface area contributed by atoms with E-state index in [0.717, 1.165) is 0 Å². The Morgan fingerprint density at radius 2 is 1.20 bits per heavy atom. The Morgan fingerprint density at radius 3 is 1.20 bits per heavy atom. The standard InChI is InChI=1S/Cd.Ge.O.Sn.Zn. The molecule has 0 atom stereocenters. The molecule has 0 spiro atoms. The first-order valence-corrected chi connectivity index (χ1v) is 1.37. The van der Waals surface area contributed by atoms with Crippen molar-refractivity contribution < 1.29 is 49.9 Å². The fraction of sp³-hybridized carbons (Fsp3) is 0. The number of hydrogen-bond acceptors (Lipinski definition) is 1. The van der Waals surface area contributed by atoms with Crippen molar-refractivity contribution >= 4 is 40.1 Å². The SMILES string of the molecule is [Cd].[Ge].[O]=[Sn].[Zn]. The normalized spacial score (nSPS) is 0.800. The molecule has 5 heavy (non-hydrogen) atoms. The molecule has 0 N–H and O–H groups in total. The van der Waals surface area contributed by atoms with Gasteiger partial charge >= 0.3 is 25.6 Å². The predicted octanol–water partition coefficient (Wildman–Crippen LogP) is -0.885. The topological polar surface area (TPSA) is 17.1 Å². The van der Waals surface area contributed by atoms with E-state index < -0.39 is 0 Å². The van der Waals surface area contributed by atoms with Crippen LogP contribution in [0.25, 0.3) is 0 Å². The predicted molar refractivity (Wildman–Crippen MR) is 12.2 cm³/mol. The molecule has 0 saturated carbocycles. The average molecular weight is 385 g/mol. The second-order valence-corrected chi connectivity index (χ2v) is 0. The van der Waals surface area contributed by atoms with E-state index in [1.165, 1.54) is 0 Å². The van der Waals surface area contributed by atoms with Crippen LogP contribution in [-0.2, 0) is 49.9 Å². The quantitative estimate of drug-likeness (QED) is 0.495. The van der Waals surface area contributed by atoms with Gasteiger partial charge in [0.05, 0.1) is 0 Å². The van der Waals surface area contributed by atoms with Gasteiger partial charge in [-0.25, -0.2) is 0 Å². The fourth-order valence-electron chi connectivity index (χ4n) is 0. The van der Waals surface area contributed by atoms with Crippen LogP contribution in [0, 0.1) is 0 Å². The summed E-state index contributed by atoms with van der Waals surface area (Å²) in [5.41, 5.74) is 0. The van der Waals surface area contributed by atoms with Crippen LogP contribution in [0.1, 0.15) is 0 Å². The minimum absolute atomic E-state index is 0. The fourth-order valence-corrected chi connectivity index (χ4v) is 0. The summed E-state index contributed by atoms with van der Waals surface area (Å²) in [6.07, 6.45) is 0. The number of hydrogen-bond donors (Lipinski definition) is 0. The van der Waals surface area contributed by atoms with Gasteiger partial charge in [0, 0.05) is 64.4 Å². The van der Waals surface area contributed by atoms with Crippen molar-refractivity contribution in [3.05, 3.63) is 0 Å². The maximum atomic E-state index is 8.34. The van der Waals surface area contributed by atoms with Gasteiger partial charge in [0.25, 0.3) is 0 Å². The molecular formula is CdGeOSnZn. The Kier molecular flexibility index (Phi) is 151. The van der Waals surface area contributed by atoms with Gasteiger partial charge in [-0.3, -0.25) is 0 Å². The molecule has 0 saturated heterocycles. The molecule has 0 rings (SSSR count). The molecule has 6 radical (unpaired) electrons. The van der Waals surface area contributed by atoms with Crippen LogP contribution in [0.2, 0.25) is 0 Å². The van der Waals surface area contributed by atoms with Gasteiger partial charge in [0.15, 0.2) is 0 Å². The van der Waals surface area contributed by atoms with Crippen LogP contribution < -0.4 is 0 Å². The summed E-state index contributed by atoms with van der Waals surface area (Å²) < 4.78 is 8.34. The van der Waals surface area contributed by atoms with Gasteiger partial charge in [-0.15, -0.1) is 0 Å². The smallest absolute Gasteiger partial charge is 0 e. The molecule has 0 heterocycles. The summed E-state index contributed by atoms with van der Waals surface area (Å²) in [4.78, 5) is 0. The van der Waals surface area contributed by atoms with Gasteiger partial charge < -0.3 is 0 Å². The Labute approximate surface area is 88.4 Å². The second kappa shape index (κ2) is 30.0. The Bertz CT molecular complexity index is 11.6. The van der Waals surface area contributed by atoms with E-state index in [1.54, 1.807) is 0 Å². The monoisotopic (exact) mass is 388 g/mol. The first-order valence-electron chi connectivity index (χ1n) is 0.204. The van der Waals surface area contributed by atoms with Crippen molar-refractivity contribution in [2.45, 2.75) is 0 Å². The molecule has 1 nitrogen and oxygen atoms in total. The van der Waals surface area contributed by atoms with E-state index in [4.69, 9.17) is 3.08 Å². The molecule has 0 bridgehead atoms. The summed E-state index contributed by atoms with van der Waals surface area (Å²) >= 11 is 0.300. The molecular weight excluding hydrogens is 385 g/mol. The third-order valence-corrected chi connectivity index (χ3v) is 0. The van der Waals surface area contributed by atoms with E-state index in [0.29, 0.717) is 22.5 Å². The van der Waals surface area contributed by atoms with Crippen LogP contribution in [0.15, 0.2) is 0 Å². The van der Waals surface area contributed by atoms with E-state index in [-0.39, 0.29) is 64.4 Å². The zero-order chi connectivity index (χ0) is 2.00. The van der Waals surface area contributed by atoms with Crippen LogP contribution in [0.5, 0.6) is 0 Å². The summed E-state index contributed by atoms with van der Waals surface area (Å²) in [5.74, 6) is 0. The molecule has 0 aromatic heterocycles. The van der Waals surface area contributed by atoms with Crippen molar-refractivity contribution in [2.24, 2.45) is 0 Å².